The number of Topliss-reactive ketones (excluding diaryl/α,β-unsaturated/α-hetero) is 1. The van der Waals surface area contributed by atoms with Crippen molar-refractivity contribution in [3.8, 4) is 0 Å². The van der Waals surface area contributed by atoms with Crippen molar-refractivity contribution in [2.24, 2.45) is 5.41 Å². The van der Waals surface area contributed by atoms with Crippen molar-refractivity contribution in [1.29, 1.82) is 0 Å². The van der Waals surface area contributed by atoms with E-state index in [4.69, 9.17) is 23.2 Å². The molecule has 1 N–H and O–H groups in total. The Morgan fingerprint density at radius 1 is 1.27 bits per heavy atom. The van der Waals surface area contributed by atoms with Crippen LogP contribution in [-0.2, 0) is 0 Å². The molecule has 2 nitrogen and oxygen atoms in total. The third-order valence-corrected chi connectivity index (χ3v) is 6.20. The number of hydrogen-bond acceptors (Lipinski definition) is 2. The Morgan fingerprint density at radius 3 is 2.82 bits per heavy atom. The molecule has 3 rings (SSSR count). The molecular formula is C18H23Cl2NO. The molecule has 22 heavy (non-hydrogen) atoms. The van der Waals surface area contributed by atoms with Crippen LogP contribution in [0.25, 0.3) is 0 Å². The van der Waals surface area contributed by atoms with E-state index in [0.29, 0.717) is 27.7 Å². The number of unbranched alkanes of at least 4 members (excludes halogenated alkanes) is 1. The largest absolute Gasteiger partial charge is 0.310 e. The molecule has 0 aliphatic carbocycles. The Balaban J connectivity index is 1.94. The summed E-state index contributed by atoms with van der Waals surface area (Å²) in [6, 6.07) is 6.23. The van der Waals surface area contributed by atoms with Gasteiger partial charge in [0.05, 0.1) is 10.0 Å². The molecule has 2 aliphatic heterocycles. The lowest BCUT2D eigenvalue weighted by Gasteiger charge is -2.42. The first kappa shape index (κ1) is 16.3. The van der Waals surface area contributed by atoms with E-state index in [0.717, 1.165) is 38.5 Å². The summed E-state index contributed by atoms with van der Waals surface area (Å²) in [5, 5.41) is 4.65. The molecule has 4 heteroatoms. The molecule has 0 aromatic heterocycles. The summed E-state index contributed by atoms with van der Waals surface area (Å²) in [5.74, 6) is 0.248. The van der Waals surface area contributed by atoms with Crippen molar-refractivity contribution < 1.29 is 4.79 Å². The molecule has 1 aromatic rings. The second-order valence-corrected chi connectivity index (χ2v) is 7.56. The minimum atomic E-state index is -0.264. The number of hydrogen-bond donors (Lipinski definition) is 1. The average molecular weight is 340 g/mol. The van der Waals surface area contributed by atoms with Gasteiger partial charge in [0.15, 0.2) is 5.78 Å². The van der Waals surface area contributed by atoms with Crippen LogP contribution in [0.1, 0.15) is 62.2 Å². The van der Waals surface area contributed by atoms with Gasteiger partial charge in [0.1, 0.15) is 0 Å². The van der Waals surface area contributed by atoms with Gasteiger partial charge in [-0.3, -0.25) is 4.79 Å². The summed E-state index contributed by atoms with van der Waals surface area (Å²) in [7, 11) is 0. The third kappa shape index (κ3) is 2.81. The molecule has 0 radical (unpaired) electrons. The number of nitrogens with one attached hydrogen (secondary N) is 1. The number of halogens is 2. The van der Waals surface area contributed by atoms with Gasteiger partial charge in [-0.2, -0.15) is 0 Å². The molecule has 2 heterocycles. The number of carbonyl (C=O) groups is 1. The van der Waals surface area contributed by atoms with Gasteiger partial charge >= 0.3 is 0 Å². The molecular weight excluding hydrogens is 317 g/mol. The smallest absolute Gasteiger partial charge is 0.170 e. The number of piperidine rings is 1. The van der Waals surface area contributed by atoms with E-state index in [2.05, 4.69) is 12.2 Å². The fourth-order valence-electron chi connectivity index (χ4n) is 4.19. The molecule has 2 fully saturated rings. The van der Waals surface area contributed by atoms with Crippen LogP contribution in [0.3, 0.4) is 0 Å². The highest BCUT2D eigenvalue weighted by Gasteiger charge is 2.50. The van der Waals surface area contributed by atoms with Crippen molar-refractivity contribution in [3.63, 3.8) is 0 Å². The molecule has 2 aliphatic rings. The second kappa shape index (κ2) is 6.51. The summed E-state index contributed by atoms with van der Waals surface area (Å²) in [4.78, 5) is 13.3. The van der Waals surface area contributed by atoms with Gasteiger partial charge in [-0.1, -0.05) is 43.0 Å². The van der Waals surface area contributed by atoms with Crippen LogP contribution in [-0.4, -0.2) is 17.9 Å². The summed E-state index contributed by atoms with van der Waals surface area (Å²) in [6.07, 6.45) is 7.59. The molecule has 0 saturated carbocycles. The van der Waals surface area contributed by atoms with Crippen molar-refractivity contribution in [2.45, 2.75) is 64.0 Å². The molecule has 120 valence electrons. The molecule has 3 atom stereocenters. The summed E-state index contributed by atoms with van der Waals surface area (Å²) in [6.45, 7) is 2.19. The lowest BCUT2D eigenvalue weighted by Crippen LogP contribution is -2.53. The van der Waals surface area contributed by atoms with Crippen molar-refractivity contribution >= 4 is 29.0 Å². The van der Waals surface area contributed by atoms with Crippen LogP contribution >= 0.6 is 23.2 Å². The van der Waals surface area contributed by atoms with Gasteiger partial charge in [0, 0.05) is 23.1 Å². The summed E-state index contributed by atoms with van der Waals surface area (Å²) < 4.78 is 0. The SMILES string of the molecule is CCCC[C@@]1(C(=O)c2ccc(Cl)c(Cl)c2)CC[C@@H]2CC[C@H]1N2. The number of benzene rings is 1. The minimum Gasteiger partial charge on any atom is -0.310 e. The minimum absolute atomic E-state index is 0.248. The quantitative estimate of drug-likeness (QED) is 0.740. The van der Waals surface area contributed by atoms with E-state index in [1.54, 1.807) is 12.1 Å². The molecule has 0 spiro atoms. The maximum atomic E-state index is 13.3. The predicted octanol–water partition coefficient (Wildman–Crippen LogP) is 5.27. The molecule has 0 unspecified atom stereocenters. The first-order chi connectivity index (χ1) is 10.6. The molecule has 0 amide bonds. The Kier molecular flexibility index (Phi) is 4.82. The highest BCUT2D eigenvalue weighted by atomic mass is 35.5. The monoisotopic (exact) mass is 339 g/mol. The van der Waals surface area contributed by atoms with Crippen molar-refractivity contribution in [1.82, 2.24) is 5.32 Å². The zero-order valence-corrected chi connectivity index (χ0v) is 14.5. The van der Waals surface area contributed by atoms with Crippen LogP contribution in [0.2, 0.25) is 10.0 Å². The van der Waals surface area contributed by atoms with Crippen molar-refractivity contribution in [3.05, 3.63) is 33.8 Å². The fourth-order valence-corrected chi connectivity index (χ4v) is 4.49. The van der Waals surface area contributed by atoms with E-state index < -0.39 is 0 Å². The number of rotatable bonds is 5. The number of carbonyl (C=O) groups excluding carboxylic acids is 1. The maximum absolute atomic E-state index is 13.3. The fraction of sp³-hybridized carbons (Fsp3) is 0.611. The Labute approximate surface area is 142 Å². The normalized spacial score (nSPS) is 30.5. The van der Waals surface area contributed by atoms with Crippen LogP contribution < -0.4 is 5.32 Å². The maximum Gasteiger partial charge on any atom is 0.170 e. The Morgan fingerprint density at radius 2 is 2.09 bits per heavy atom. The van der Waals surface area contributed by atoms with Gasteiger partial charge in [0.25, 0.3) is 0 Å². The standard InChI is InChI=1S/C18H23Cl2NO/c1-2-3-9-18(10-8-13-5-7-16(18)21-13)17(22)12-4-6-14(19)15(20)11-12/h4,6,11,13,16,21H,2-3,5,7-10H2,1H3/t13-,16+,18+/m0/s1. The summed E-state index contributed by atoms with van der Waals surface area (Å²) >= 11 is 12.1. The van der Waals surface area contributed by atoms with Gasteiger partial charge in [0.2, 0.25) is 0 Å². The highest BCUT2D eigenvalue weighted by Crippen LogP contribution is 2.46. The first-order valence-corrected chi connectivity index (χ1v) is 9.08. The Hall–Kier alpha value is -0.570. The van der Waals surface area contributed by atoms with Crippen LogP contribution in [0.4, 0.5) is 0 Å². The zero-order chi connectivity index (χ0) is 15.7. The average Bonchev–Trinajstić information content (AvgIpc) is 2.93. The second-order valence-electron chi connectivity index (χ2n) is 6.75. The van der Waals surface area contributed by atoms with Gasteiger partial charge in [-0.05, 0) is 50.3 Å². The van der Waals surface area contributed by atoms with Gasteiger partial charge in [-0.15, -0.1) is 0 Å². The van der Waals surface area contributed by atoms with E-state index in [9.17, 15) is 4.79 Å². The van der Waals surface area contributed by atoms with Gasteiger partial charge < -0.3 is 5.32 Å². The van der Waals surface area contributed by atoms with Gasteiger partial charge in [-0.25, -0.2) is 0 Å². The van der Waals surface area contributed by atoms with Crippen LogP contribution in [0, 0.1) is 5.41 Å². The third-order valence-electron chi connectivity index (χ3n) is 5.46. The zero-order valence-electron chi connectivity index (χ0n) is 13.0. The van der Waals surface area contributed by atoms with Crippen LogP contribution in [0.5, 0.6) is 0 Å². The topological polar surface area (TPSA) is 29.1 Å². The van der Waals surface area contributed by atoms with E-state index in [1.165, 1.54) is 6.42 Å². The van der Waals surface area contributed by atoms with Crippen molar-refractivity contribution in [2.75, 3.05) is 0 Å². The molecule has 2 saturated heterocycles. The van der Waals surface area contributed by atoms with E-state index in [-0.39, 0.29) is 11.2 Å². The Bertz CT molecular complexity index is 574. The number of fused-ring (bicyclic) bond motifs is 2. The summed E-state index contributed by atoms with van der Waals surface area (Å²) in [5.41, 5.74) is 0.442. The lowest BCUT2D eigenvalue weighted by molar-refractivity contribution is 0.0612. The highest BCUT2D eigenvalue weighted by molar-refractivity contribution is 6.42. The van der Waals surface area contributed by atoms with Crippen LogP contribution in [0.15, 0.2) is 18.2 Å². The molecule has 2 bridgehead atoms. The number of ketones is 1. The first-order valence-electron chi connectivity index (χ1n) is 8.33. The van der Waals surface area contributed by atoms with E-state index in [1.807, 2.05) is 6.07 Å². The molecule has 1 aromatic carbocycles. The predicted molar refractivity (Wildman–Crippen MR) is 91.9 cm³/mol. The van der Waals surface area contributed by atoms with E-state index >= 15 is 0 Å². The lowest BCUT2D eigenvalue weighted by atomic mass is 9.66.